The van der Waals surface area contributed by atoms with Crippen LogP contribution in [-0.4, -0.2) is 33.9 Å². The first-order valence-electron chi connectivity index (χ1n) is 3.85. The zero-order valence-corrected chi connectivity index (χ0v) is 7.90. The second kappa shape index (κ2) is 4.23. The van der Waals surface area contributed by atoms with Crippen LogP contribution in [0.4, 0.5) is 0 Å². The molecule has 0 aliphatic carbocycles. The van der Waals surface area contributed by atoms with Crippen LogP contribution in [0.1, 0.15) is 27.2 Å². The summed E-state index contributed by atoms with van der Waals surface area (Å²) in [6.07, 6.45) is -2.21. The Morgan fingerprint density at radius 1 is 1.38 bits per heavy atom. The Hall–Kier alpha value is -1.10. The average Bonchev–Trinajstić information content (AvgIpc) is 1.81. The fourth-order valence-corrected chi connectivity index (χ4v) is 0.628. The van der Waals surface area contributed by atoms with Gasteiger partial charge in [-0.15, -0.1) is 0 Å². The van der Waals surface area contributed by atoms with Crippen LogP contribution in [0.2, 0.25) is 0 Å². The number of rotatable bonds is 3. The maximum Gasteiger partial charge on any atom is 0.333 e. The number of carboxylic acid groups (broad SMARTS) is 1. The Bertz CT molecular complexity index is 203. The maximum absolute atomic E-state index is 10.9. The van der Waals surface area contributed by atoms with Gasteiger partial charge in [0.05, 0.1) is 6.42 Å². The van der Waals surface area contributed by atoms with E-state index in [1.807, 2.05) is 0 Å². The number of aliphatic hydroxyl groups is 1. The molecule has 0 aromatic carbocycles. The van der Waals surface area contributed by atoms with Gasteiger partial charge in [-0.1, -0.05) is 0 Å². The predicted octanol–water partition coefficient (Wildman–Crippen LogP) is 0.164. The summed E-state index contributed by atoms with van der Waals surface area (Å²) in [6.45, 7) is 4.99. The topological polar surface area (TPSA) is 83.8 Å². The zero-order chi connectivity index (χ0) is 10.6. The molecule has 0 heterocycles. The Morgan fingerprint density at radius 3 is 2.15 bits per heavy atom. The van der Waals surface area contributed by atoms with Crippen LogP contribution < -0.4 is 0 Å². The first kappa shape index (κ1) is 11.9. The SMILES string of the molecule is CC(C)(C)OC(=O)C[C@H](O)C(=O)O. The van der Waals surface area contributed by atoms with Crippen LogP contribution in [-0.2, 0) is 14.3 Å². The molecule has 0 unspecified atom stereocenters. The number of aliphatic hydroxyl groups excluding tert-OH is 1. The summed E-state index contributed by atoms with van der Waals surface area (Å²) < 4.78 is 4.80. The van der Waals surface area contributed by atoms with Gasteiger partial charge in [0.15, 0.2) is 6.10 Å². The molecule has 0 fully saturated rings. The quantitative estimate of drug-likeness (QED) is 0.619. The van der Waals surface area contributed by atoms with Gasteiger partial charge < -0.3 is 14.9 Å². The largest absolute Gasteiger partial charge is 0.479 e. The summed E-state index contributed by atoms with van der Waals surface area (Å²) in [5.74, 6) is -2.15. The lowest BCUT2D eigenvalue weighted by Crippen LogP contribution is -2.29. The summed E-state index contributed by atoms with van der Waals surface area (Å²) in [7, 11) is 0. The van der Waals surface area contributed by atoms with Crippen molar-refractivity contribution in [2.75, 3.05) is 0 Å². The van der Waals surface area contributed by atoms with Crippen molar-refractivity contribution in [2.24, 2.45) is 0 Å². The van der Waals surface area contributed by atoms with Crippen LogP contribution in [0.25, 0.3) is 0 Å². The lowest BCUT2D eigenvalue weighted by Gasteiger charge is -2.19. The smallest absolute Gasteiger partial charge is 0.333 e. The number of carbonyl (C=O) groups is 2. The van der Waals surface area contributed by atoms with Crippen molar-refractivity contribution >= 4 is 11.9 Å². The molecule has 5 nitrogen and oxygen atoms in total. The molecule has 0 rings (SSSR count). The van der Waals surface area contributed by atoms with E-state index >= 15 is 0 Å². The van der Waals surface area contributed by atoms with Gasteiger partial charge in [0.25, 0.3) is 0 Å². The molecule has 5 heteroatoms. The third-order valence-corrected chi connectivity index (χ3v) is 1.07. The van der Waals surface area contributed by atoms with Gasteiger partial charge in [0.2, 0.25) is 0 Å². The van der Waals surface area contributed by atoms with E-state index in [0.717, 1.165) is 0 Å². The van der Waals surface area contributed by atoms with Crippen LogP contribution in [0.3, 0.4) is 0 Å². The highest BCUT2D eigenvalue weighted by Crippen LogP contribution is 2.09. The van der Waals surface area contributed by atoms with Crippen LogP contribution in [0.5, 0.6) is 0 Å². The number of aliphatic carboxylic acids is 1. The molecule has 13 heavy (non-hydrogen) atoms. The van der Waals surface area contributed by atoms with E-state index in [2.05, 4.69) is 0 Å². The predicted molar refractivity (Wildman–Crippen MR) is 44.1 cm³/mol. The van der Waals surface area contributed by atoms with Gasteiger partial charge in [0.1, 0.15) is 5.60 Å². The molecule has 0 aromatic heterocycles. The molecule has 0 aliphatic heterocycles. The highest BCUT2D eigenvalue weighted by Gasteiger charge is 2.22. The van der Waals surface area contributed by atoms with E-state index in [0.29, 0.717) is 0 Å². The third-order valence-electron chi connectivity index (χ3n) is 1.07. The molecule has 0 spiro atoms. The molecule has 0 aromatic rings. The molecule has 0 bridgehead atoms. The molecule has 76 valence electrons. The first-order valence-corrected chi connectivity index (χ1v) is 3.85. The molecule has 1 atom stereocenters. The second-order valence-electron chi connectivity index (χ2n) is 3.64. The average molecular weight is 190 g/mol. The Balaban J connectivity index is 3.96. The van der Waals surface area contributed by atoms with Crippen molar-refractivity contribution in [1.82, 2.24) is 0 Å². The van der Waals surface area contributed by atoms with Crippen molar-refractivity contribution in [2.45, 2.75) is 38.9 Å². The summed E-state index contributed by atoms with van der Waals surface area (Å²) in [4.78, 5) is 21.1. The highest BCUT2D eigenvalue weighted by molar-refractivity contribution is 5.80. The monoisotopic (exact) mass is 190 g/mol. The minimum Gasteiger partial charge on any atom is -0.479 e. The summed E-state index contributed by atoms with van der Waals surface area (Å²) in [5, 5.41) is 17.1. The van der Waals surface area contributed by atoms with E-state index in [1.54, 1.807) is 20.8 Å². The normalized spacial score (nSPS) is 13.5. The van der Waals surface area contributed by atoms with E-state index in [9.17, 15) is 9.59 Å². The van der Waals surface area contributed by atoms with Crippen LogP contribution in [0, 0.1) is 0 Å². The van der Waals surface area contributed by atoms with Crippen molar-refractivity contribution in [3.63, 3.8) is 0 Å². The number of ether oxygens (including phenoxy) is 1. The van der Waals surface area contributed by atoms with Gasteiger partial charge >= 0.3 is 11.9 Å². The molecule has 0 aliphatic rings. The highest BCUT2D eigenvalue weighted by atomic mass is 16.6. The maximum atomic E-state index is 10.9. The molecule has 0 amide bonds. The summed E-state index contributed by atoms with van der Waals surface area (Å²) in [6, 6.07) is 0. The lowest BCUT2D eigenvalue weighted by atomic mass is 10.2. The van der Waals surface area contributed by atoms with E-state index in [4.69, 9.17) is 14.9 Å². The fraction of sp³-hybridized carbons (Fsp3) is 0.750. The van der Waals surface area contributed by atoms with E-state index in [-0.39, 0.29) is 0 Å². The first-order chi connectivity index (χ1) is 5.72. The molecule has 0 radical (unpaired) electrons. The van der Waals surface area contributed by atoms with Crippen LogP contribution >= 0.6 is 0 Å². The molecule has 0 saturated carbocycles. The van der Waals surface area contributed by atoms with Gasteiger partial charge in [0, 0.05) is 0 Å². The standard InChI is InChI=1S/C8H14O5/c1-8(2,3)13-6(10)4-5(9)7(11)12/h5,9H,4H2,1-3H3,(H,11,12)/t5-/m0/s1. The molecule has 2 N–H and O–H groups in total. The number of esters is 1. The summed E-state index contributed by atoms with van der Waals surface area (Å²) in [5.41, 5.74) is -0.657. The molecule has 0 saturated heterocycles. The van der Waals surface area contributed by atoms with Gasteiger partial charge in [-0.3, -0.25) is 4.79 Å². The second-order valence-corrected chi connectivity index (χ2v) is 3.64. The van der Waals surface area contributed by atoms with Crippen LogP contribution in [0.15, 0.2) is 0 Å². The van der Waals surface area contributed by atoms with E-state index < -0.39 is 30.1 Å². The lowest BCUT2D eigenvalue weighted by molar-refractivity contribution is -0.162. The van der Waals surface area contributed by atoms with Crippen molar-refractivity contribution in [3.8, 4) is 0 Å². The van der Waals surface area contributed by atoms with Gasteiger partial charge in [-0.25, -0.2) is 4.79 Å². The Morgan fingerprint density at radius 2 is 1.85 bits per heavy atom. The Labute approximate surface area is 76.3 Å². The van der Waals surface area contributed by atoms with Crippen molar-refractivity contribution in [1.29, 1.82) is 0 Å². The fourth-order valence-electron chi connectivity index (χ4n) is 0.628. The number of carboxylic acids is 1. The molecular formula is C8H14O5. The summed E-state index contributed by atoms with van der Waals surface area (Å²) >= 11 is 0. The van der Waals surface area contributed by atoms with Gasteiger partial charge in [-0.2, -0.15) is 0 Å². The van der Waals surface area contributed by atoms with E-state index in [1.165, 1.54) is 0 Å². The number of carbonyl (C=O) groups excluding carboxylic acids is 1. The third kappa shape index (κ3) is 6.10. The zero-order valence-electron chi connectivity index (χ0n) is 7.90. The van der Waals surface area contributed by atoms with Crippen molar-refractivity contribution < 1.29 is 24.5 Å². The Kier molecular flexibility index (Phi) is 3.87. The number of hydrogen-bond donors (Lipinski definition) is 2. The van der Waals surface area contributed by atoms with Crippen molar-refractivity contribution in [3.05, 3.63) is 0 Å². The minimum absolute atomic E-state index is 0.521. The number of hydrogen-bond acceptors (Lipinski definition) is 4. The molecular weight excluding hydrogens is 176 g/mol. The minimum atomic E-state index is -1.69. The van der Waals surface area contributed by atoms with Gasteiger partial charge in [-0.05, 0) is 20.8 Å².